The largest absolute Gasteiger partial charge is 0.444 e. The number of nitrogens with zero attached hydrogens (tertiary/aromatic N) is 1. The smallest absolute Gasteiger partial charge is 0.408 e. The molecule has 3 N–H and O–H groups in total. The quantitative estimate of drug-likeness (QED) is 0.429. The number of hydrogen-bond acceptors (Lipinski definition) is 8. The number of sulfonamides is 1. The van der Waals surface area contributed by atoms with Crippen LogP contribution in [0.25, 0.3) is 0 Å². The number of nitrogens with one attached hydrogen (secondary N) is 3. The van der Waals surface area contributed by atoms with Crippen molar-refractivity contribution in [1.29, 1.82) is 0 Å². The third-order valence-corrected chi connectivity index (χ3v) is 8.97. The van der Waals surface area contributed by atoms with Crippen LogP contribution in [0.3, 0.4) is 0 Å². The maximum absolute atomic E-state index is 13.6. The van der Waals surface area contributed by atoms with E-state index in [-0.39, 0.29) is 13.0 Å². The molecule has 3 fully saturated rings. The highest BCUT2D eigenvalue weighted by Crippen LogP contribution is 2.46. The van der Waals surface area contributed by atoms with E-state index in [2.05, 4.69) is 15.4 Å². The van der Waals surface area contributed by atoms with E-state index in [1.54, 1.807) is 32.9 Å². The van der Waals surface area contributed by atoms with Crippen LogP contribution in [-0.2, 0) is 33.9 Å². The van der Waals surface area contributed by atoms with Gasteiger partial charge in [-0.05, 0) is 65.7 Å². The van der Waals surface area contributed by atoms with Crippen LogP contribution in [0.2, 0.25) is 0 Å². The highest BCUT2D eigenvalue weighted by Gasteiger charge is 2.61. The average molecular weight is 555 g/mol. The molecule has 2 aliphatic heterocycles. The summed E-state index contributed by atoms with van der Waals surface area (Å²) in [5, 5.41) is 4.85. The van der Waals surface area contributed by atoms with E-state index in [1.807, 2.05) is 0 Å². The van der Waals surface area contributed by atoms with Gasteiger partial charge in [0.15, 0.2) is 0 Å². The summed E-state index contributed by atoms with van der Waals surface area (Å²) in [6.45, 7) is 6.06. The van der Waals surface area contributed by atoms with Crippen molar-refractivity contribution < 1.29 is 37.1 Å². The van der Waals surface area contributed by atoms with Gasteiger partial charge in [0.1, 0.15) is 23.2 Å². The standard InChI is InChI=1S/C25H38N4O8S/c1-24(2,3)37-23(33)26-18-8-6-14-36-13-5-7-16-15-25(16,22(32)28-38(34,35)17-10-11-17)27-20(30)19-9-4-12-29(19)21(18)31/h5,7,16-19H,4,6,8-15H2,1-3H3,(H,26,33)(H,27,30)(H,28,32). The van der Waals surface area contributed by atoms with Gasteiger partial charge in [-0.2, -0.15) is 0 Å². The molecule has 4 unspecified atom stereocenters. The summed E-state index contributed by atoms with van der Waals surface area (Å²) in [6.07, 6.45) is 5.75. The van der Waals surface area contributed by atoms with Crippen LogP contribution < -0.4 is 15.4 Å². The van der Waals surface area contributed by atoms with E-state index in [9.17, 15) is 27.6 Å². The van der Waals surface area contributed by atoms with Crippen molar-refractivity contribution >= 4 is 33.8 Å². The zero-order valence-corrected chi connectivity index (χ0v) is 23.0. The van der Waals surface area contributed by atoms with Gasteiger partial charge in [-0.15, -0.1) is 0 Å². The van der Waals surface area contributed by atoms with E-state index in [4.69, 9.17) is 9.47 Å². The van der Waals surface area contributed by atoms with Gasteiger partial charge in [0.2, 0.25) is 21.8 Å². The molecule has 0 aromatic carbocycles. The number of amides is 4. The maximum Gasteiger partial charge on any atom is 0.408 e. The predicted molar refractivity (Wildman–Crippen MR) is 136 cm³/mol. The third-order valence-electron chi connectivity index (χ3n) is 7.16. The number of carbonyl (C=O) groups excluding carboxylic acids is 4. The number of fused-ring (bicyclic) bond motifs is 2. The normalized spacial score (nSPS) is 30.7. The lowest BCUT2D eigenvalue weighted by molar-refractivity contribution is -0.141. The van der Waals surface area contributed by atoms with E-state index in [0.717, 1.165) is 0 Å². The van der Waals surface area contributed by atoms with Crippen molar-refractivity contribution in [3.8, 4) is 0 Å². The van der Waals surface area contributed by atoms with E-state index in [1.165, 1.54) is 4.90 Å². The number of ether oxygens (including phenoxy) is 2. The van der Waals surface area contributed by atoms with Crippen molar-refractivity contribution in [2.75, 3.05) is 19.8 Å². The zero-order chi connectivity index (χ0) is 27.7. The van der Waals surface area contributed by atoms with Gasteiger partial charge >= 0.3 is 6.09 Å². The molecular formula is C25H38N4O8S. The molecule has 2 aliphatic carbocycles. The minimum absolute atomic E-state index is 0.241. The fourth-order valence-electron chi connectivity index (χ4n) is 4.94. The first kappa shape index (κ1) is 28.3. The van der Waals surface area contributed by atoms with Crippen LogP contribution in [0.4, 0.5) is 4.79 Å². The van der Waals surface area contributed by atoms with E-state index >= 15 is 0 Å². The first-order chi connectivity index (χ1) is 17.8. The molecule has 4 amide bonds. The monoisotopic (exact) mass is 554 g/mol. The minimum atomic E-state index is -3.80. The lowest BCUT2D eigenvalue weighted by Crippen LogP contribution is -2.58. The molecule has 2 saturated carbocycles. The van der Waals surface area contributed by atoms with Gasteiger partial charge in [0, 0.05) is 19.1 Å². The molecule has 4 atom stereocenters. The molecule has 4 rings (SSSR count). The molecule has 0 spiro atoms. The summed E-state index contributed by atoms with van der Waals surface area (Å²) >= 11 is 0. The summed E-state index contributed by atoms with van der Waals surface area (Å²) in [5.41, 5.74) is -2.16. The van der Waals surface area contributed by atoms with Crippen LogP contribution in [0.5, 0.6) is 0 Å². The first-order valence-corrected chi connectivity index (χ1v) is 14.8. The van der Waals surface area contributed by atoms with E-state index in [0.29, 0.717) is 51.7 Å². The fourth-order valence-corrected chi connectivity index (χ4v) is 6.30. The highest BCUT2D eigenvalue weighted by atomic mass is 32.2. The van der Waals surface area contributed by atoms with Crippen molar-refractivity contribution in [1.82, 2.24) is 20.3 Å². The topological polar surface area (TPSA) is 160 Å². The van der Waals surface area contributed by atoms with E-state index < -0.39 is 68.2 Å². The van der Waals surface area contributed by atoms with Gasteiger partial charge in [0.05, 0.1) is 11.9 Å². The molecule has 0 radical (unpaired) electrons. The molecular weight excluding hydrogens is 516 g/mol. The summed E-state index contributed by atoms with van der Waals surface area (Å²) < 4.78 is 38.0. The zero-order valence-electron chi connectivity index (χ0n) is 22.2. The molecule has 1 saturated heterocycles. The molecule has 0 aromatic heterocycles. The van der Waals surface area contributed by atoms with Gasteiger partial charge in [-0.1, -0.05) is 12.2 Å². The van der Waals surface area contributed by atoms with Gasteiger partial charge < -0.3 is 25.0 Å². The lowest BCUT2D eigenvalue weighted by Gasteiger charge is -2.30. The number of rotatable bonds is 4. The van der Waals surface area contributed by atoms with Gasteiger partial charge in [0.25, 0.3) is 5.91 Å². The summed E-state index contributed by atoms with van der Waals surface area (Å²) in [4.78, 5) is 54.1. The summed E-state index contributed by atoms with van der Waals surface area (Å²) in [7, 11) is -3.80. The Balaban J connectivity index is 1.54. The first-order valence-electron chi connectivity index (χ1n) is 13.2. The molecule has 12 nitrogen and oxygen atoms in total. The second-order valence-corrected chi connectivity index (χ2v) is 13.4. The Labute approximate surface area is 223 Å². The molecule has 4 aliphatic rings. The third kappa shape index (κ3) is 6.66. The summed E-state index contributed by atoms with van der Waals surface area (Å²) in [6, 6.07) is -1.76. The van der Waals surface area contributed by atoms with Crippen LogP contribution >= 0.6 is 0 Å². The Hall–Kier alpha value is -2.67. The highest BCUT2D eigenvalue weighted by molar-refractivity contribution is 7.91. The minimum Gasteiger partial charge on any atom is -0.444 e. The average Bonchev–Trinajstić information content (AvgIpc) is 3.72. The number of hydrogen-bond donors (Lipinski definition) is 3. The second-order valence-electron chi connectivity index (χ2n) is 11.5. The Kier molecular flexibility index (Phi) is 8.08. The molecule has 2 heterocycles. The number of carbonyl (C=O) groups is 4. The second kappa shape index (κ2) is 10.8. The van der Waals surface area contributed by atoms with Crippen LogP contribution in [0.1, 0.15) is 65.7 Å². The lowest BCUT2D eigenvalue weighted by atomic mass is 10.1. The number of alkyl carbamates (subject to hydrolysis) is 1. The predicted octanol–water partition coefficient (Wildman–Crippen LogP) is 0.721. The van der Waals surface area contributed by atoms with Crippen LogP contribution in [0, 0.1) is 5.92 Å². The van der Waals surface area contributed by atoms with Gasteiger partial charge in [-0.25, -0.2) is 13.2 Å². The Bertz CT molecular complexity index is 1100. The molecule has 38 heavy (non-hydrogen) atoms. The maximum atomic E-state index is 13.6. The van der Waals surface area contributed by atoms with Crippen molar-refractivity contribution in [3.63, 3.8) is 0 Å². The Morgan fingerprint density at radius 3 is 2.58 bits per heavy atom. The molecule has 0 aromatic rings. The van der Waals surface area contributed by atoms with Crippen LogP contribution in [-0.4, -0.2) is 85.4 Å². The van der Waals surface area contributed by atoms with Crippen molar-refractivity contribution in [2.24, 2.45) is 5.92 Å². The van der Waals surface area contributed by atoms with Gasteiger partial charge in [-0.3, -0.25) is 19.1 Å². The Morgan fingerprint density at radius 2 is 1.89 bits per heavy atom. The van der Waals surface area contributed by atoms with Crippen molar-refractivity contribution in [2.45, 2.75) is 94.2 Å². The molecule has 0 bridgehead atoms. The molecule has 212 valence electrons. The Morgan fingerprint density at radius 1 is 1.16 bits per heavy atom. The molecule has 13 heteroatoms. The summed E-state index contributed by atoms with van der Waals surface area (Å²) in [5.74, 6) is -2.10. The van der Waals surface area contributed by atoms with Crippen LogP contribution in [0.15, 0.2) is 12.2 Å². The fraction of sp³-hybridized carbons (Fsp3) is 0.760. The van der Waals surface area contributed by atoms with Crippen molar-refractivity contribution in [3.05, 3.63) is 12.2 Å². The SMILES string of the molecule is CC(C)(C)OC(=O)NC1CCCOCC=CC2CC2(C(=O)NS(=O)(=O)C2CC2)NC(=O)C2CCCN2C1=O.